The van der Waals surface area contributed by atoms with Crippen molar-refractivity contribution in [1.29, 1.82) is 0 Å². The number of amides is 1. The van der Waals surface area contributed by atoms with Gasteiger partial charge in [-0.25, -0.2) is 4.39 Å². The fourth-order valence-electron chi connectivity index (χ4n) is 2.42. The van der Waals surface area contributed by atoms with Gasteiger partial charge in [-0.15, -0.1) is 0 Å². The first kappa shape index (κ1) is 14.7. The number of nitrogens with one attached hydrogen (secondary N) is 1. The molecule has 1 unspecified atom stereocenters. The molecule has 0 bridgehead atoms. The Balaban J connectivity index is 2.27. The van der Waals surface area contributed by atoms with E-state index < -0.39 is 12.1 Å². The standard InChI is InChI=1S/C16H13ClFN3O/c1-8-5-9(7-10(18)6-8)13-11-3-2-4-12(17)14(11)21-16(22)15(19)20-13/h2-7,15H,19H2,1H3,(H,21,22). The fourth-order valence-corrected chi connectivity index (χ4v) is 2.64. The average Bonchev–Trinajstić information content (AvgIpc) is 2.57. The number of benzene rings is 2. The first-order valence-corrected chi connectivity index (χ1v) is 7.04. The number of halogens is 2. The quantitative estimate of drug-likeness (QED) is 0.849. The second kappa shape index (κ2) is 5.51. The van der Waals surface area contributed by atoms with E-state index in [2.05, 4.69) is 10.3 Å². The molecule has 6 heteroatoms. The number of hydrogen-bond donors (Lipinski definition) is 2. The van der Waals surface area contributed by atoms with E-state index >= 15 is 0 Å². The van der Waals surface area contributed by atoms with Crippen molar-refractivity contribution >= 4 is 28.9 Å². The van der Waals surface area contributed by atoms with E-state index in [9.17, 15) is 9.18 Å². The zero-order valence-electron chi connectivity index (χ0n) is 11.7. The number of aryl methyl sites for hydroxylation is 1. The maximum Gasteiger partial charge on any atom is 0.263 e. The number of hydrogen-bond acceptors (Lipinski definition) is 3. The molecule has 4 nitrogen and oxygen atoms in total. The molecule has 1 aliphatic rings. The van der Waals surface area contributed by atoms with Gasteiger partial charge in [0.05, 0.1) is 16.4 Å². The summed E-state index contributed by atoms with van der Waals surface area (Å²) in [5, 5.41) is 3.04. The van der Waals surface area contributed by atoms with Gasteiger partial charge in [-0.1, -0.05) is 23.7 Å². The van der Waals surface area contributed by atoms with Crippen molar-refractivity contribution in [3.8, 4) is 0 Å². The highest BCUT2D eigenvalue weighted by Gasteiger charge is 2.24. The van der Waals surface area contributed by atoms with E-state index in [4.69, 9.17) is 17.3 Å². The molecule has 3 rings (SSSR count). The molecule has 0 saturated carbocycles. The second-order valence-corrected chi connectivity index (χ2v) is 5.50. The highest BCUT2D eigenvalue weighted by molar-refractivity contribution is 6.35. The van der Waals surface area contributed by atoms with Crippen LogP contribution in [0.2, 0.25) is 5.02 Å². The van der Waals surface area contributed by atoms with E-state index in [-0.39, 0.29) is 5.82 Å². The summed E-state index contributed by atoms with van der Waals surface area (Å²) >= 11 is 6.16. The van der Waals surface area contributed by atoms with Gasteiger partial charge in [0.2, 0.25) is 0 Å². The first-order chi connectivity index (χ1) is 10.5. The summed E-state index contributed by atoms with van der Waals surface area (Å²) in [5.74, 6) is -0.837. The van der Waals surface area contributed by atoms with Gasteiger partial charge in [-0.2, -0.15) is 0 Å². The average molecular weight is 318 g/mol. The molecule has 0 aliphatic carbocycles. The Kier molecular flexibility index (Phi) is 3.68. The molecule has 22 heavy (non-hydrogen) atoms. The molecule has 1 aliphatic heterocycles. The van der Waals surface area contributed by atoms with Crippen molar-refractivity contribution in [1.82, 2.24) is 0 Å². The number of fused-ring (bicyclic) bond motifs is 1. The Bertz CT molecular complexity index is 784. The van der Waals surface area contributed by atoms with E-state index in [1.807, 2.05) is 0 Å². The second-order valence-electron chi connectivity index (χ2n) is 5.09. The van der Waals surface area contributed by atoms with Crippen LogP contribution in [0.3, 0.4) is 0 Å². The molecule has 1 heterocycles. The van der Waals surface area contributed by atoms with Crippen molar-refractivity contribution in [2.75, 3.05) is 5.32 Å². The number of benzodiazepines with no additional fused rings is 1. The number of anilines is 1. The molecule has 2 aromatic carbocycles. The highest BCUT2D eigenvalue weighted by atomic mass is 35.5. The predicted octanol–water partition coefficient (Wildman–Crippen LogP) is 2.86. The Hall–Kier alpha value is -2.24. The SMILES string of the molecule is Cc1cc(F)cc(C2=NC(N)C(=O)Nc3c(Cl)cccc32)c1. The van der Waals surface area contributed by atoms with Gasteiger partial charge in [-0.3, -0.25) is 9.79 Å². The van der Waals surface area contributed by atoms with Crippen LogP contribution in [0.4, 0.5) is 10.1 Å². The van der Waals surface area contributed by atoms with Crippen molar-refractivity contribution in [3.63, 3.8) is 0 Å². The van der Waals surface area contributed by atoms with Crippen LogP contribution in [-0.4, -0.2) is 17.8 Å². The van der Waals surface area contributed by atoms with Crippen LogP contribution < -0.4 is 11.1 Å². The number of nitrogens with zero attached hydrogens (tertiary/aromatic N) is 1. The summed E-state index contributed by atoms with van der Waals surface area (Å²) in [7, 11) is 0. The van der Waals surface area contributed by atoms with Gasteiger partial charge < -0.3 is 11.1 Å². The van der Waals surface area contributed by atoms with E-state index in [1.165, 1.54) is 12.1 Å². The Morgan fingerprint density at radius 2 is 2.09 bits per heavy atom. The van der Waals surface area contributed by atoms with Gasteiger partial charge in [0.25, 0.3) is 5.91 Å². The van der Waals surface area contributed by atoms with Crippen LogP contribution in [-0.2, 0) is 4.79 Å². The molecule has 0 aromatic heterocycles. The summed E-state index contributed by atoms with van der Waals surface area (Å²) in [6.45, 7) is 1.78. The van der Waals surface area contributed by atoms with Crippen molar-refractivity contribution in [2.45, 2.75) is 13.1 Å². The Morgan fingerprint density at radius 3 is 2.82 bits per heavy atom. The van der Waals surface area contributed by atoms with Crippen LogP contribution in [0.25, 0.3) is 0 Å². The minimum Gasteiger partial charge on any atom is -0.321 e. The highest BCUT2D eigenvalue weighted by Crippen LogP contribution is 2.30. The lowest BCUT2D eigenvalue weighted by Crippen LogP contribution is -2.33. The minimum absolute atomic E-state index is 0.376. The van der Waals surface area contributed by atoms with Gasteiger partial charge in [0.1, 0.15) is 5.82 Å². The number of nitrogens with two attached hydrogens (primary N) is 1. The minimum atomic E-state index is -1.08. The third kappa shape index (κ3) is 2.61. The van der Waals surface area contributed by atoms with Crippen LogP contribution in [0, 0.1) is 12.7 Å². The monoisotopic (exact) mass is 317 g/mol. The zero-order valence-corrected chi connectivity index (χ0v) is 12.5. The van der Waals surface area contributed by atoms with Gasteiger partial charge in [0.15, 0.2) is 6.17 Å². The maximum atomic E-state index is 13.7. The molecule has 1 atom stereocenters. The predicted molar refractivity (Wildman–Crippen MR) is 84.8 cm³/mol. The number of carbonyl (C=O) groups excluding carboxylic acids is 1. The van der Waals surface area contributed by atoms with Crippen molar-refractivity contribution < 1.29 is 9.18 Å². The molecule has 112 valence electrons. The maximum absolute atomic E-state index is 13.7. The van der Waals surface area contributed by atoms with E-state index in [0.29, 0.717) is 27.5 Å². The molecular weight excluding hydrogens is 305 g/mol. The van der Waals surface area contributed by atoms with Crippen molar-refractivity contribution in [3.05, 3.63) is 63.9 Å². The normalized spacial score (nSPS) is 17.4. The lowest BCUT2D eigenvalue weighted by Gasteiger charge is -2.12. The topological polar surface area (TPSA) is 67.5 Å². The zero-order chi connectivity index (χ0) is 15.9. The summed E-state index contributed by atoms with van der Waals surface area (Å²) in [6, 6.07) is 9.73. The number of rotatable bonds is 1. The molecule has 2 aromatic rings. The first-order valence-electron chi connectivity index (χ1n) is 6.66. The van der Waals surface area contributed by atoms with Gasteiger partial charge >= 0.3 is 0 Å². The summed E-state index contributed by atoms with van der Waals surface area (Å²) in [4.78, 5) is 16.2. The molecule has 3 N–H and O–H groups in total. The summed E-state index contributed by atoms with van der Waals surface area (Å²) < 4.78 is 13.7. The molecule has 1 amide bonds. The van der Waals surface area contributed by atoms with E-state index in [0.717, 1.165) is 5.56 Å². The smallest absolute Gasteiger partial charge is 0.263 e. The Labute approximate surface area is 131 Å². The number of carbonyl (C=O) groups is 1. The Morgan fingerprint density at radius 1 is 1.32 bits per heavy atom. The lowest BCUT2D eigenvalue weighted by atomic mass is 9.99. The van der Waals surface area contributed by atoms with Gasteiger partial charge in [-0.05, 0) is 36.8 Å². The van der Waals surface area contributed by atoms with Gasteiger partial charge in [0, 0.05) is 11.1 Å². The van der Waals surface area contributed by atoms with Crippen LogP contribution in [0.5, 0.6) is 0 Å². The third-order valence-corrected chi connectivity index (χ3v) is 3.68. The molecule has 0 saturated heterocycles. The van der Waals surface area contributed by atoms with Crippen LogP contribution in [0.1, 0.15) is 16.7 Å². The summed E-state index contributed by atoms with van der Waals surface area (Å²) in [6.07, 6.45) is -1.08. The number of aliphatic imine (C=N–C) groups is 1. The molecule has 0 fully saturated rings. The third-order valence-electron chi connectivity index (χ3n) is 3.37. The fraction of sp³-hybridized carbons (Fsp3) is 0.125. The lowest BCUT2D eigenvalue weighted by molar-refractivity contribution is -0.117. The number of para-hydroxylation sites is 1. The molecular formula is C16H13ClFN3O. The summed E-state index contributed by atoms with van der Waals surface area (Å²) in [5.41, 5.74) is 8.55. The molecule has 0 radical (unpaired) electrons. The molecule has 0 spiro atoms. The van der Waals surface area contributed by atoms with Crippen LogP contribution in [0.15, 0.2) is 41.4 Å². The largest absolute Gasteiger partial charge is 0.321 e. The van der Waals surface area contributed by atoms with Crippen LogP contribution >= 0.6 is 11.6 Å². The van der Waals surface area contributed by atoms with Crippen molar-refractivity contribution in [2.24, 2.45) is 10.7 Å². The van der Waals surface area contributed by atoms with E-state index in [1.54, 1.807) is 31.2 Å².